The molecule has 1 heterocycles. The van der Waals surface area contributed by atoms with Gasteiger partial charge in [-0.2, -0.15) is 5.10 Å². The van der Waals surface area contributed by atoms with Gasteiger partial charge >= 0.3 is 0 Å². The van der Waals surface area contributed by atoms with Gasteiger partial charge in [-0.05, 0) is 32.4 Å². The second kappa shape index (κ2) is 8.43. The molecule has 6 heteroatoms. The first-order valence-electron chi connectivity index (χ1n) is 9.02. The smallest absolute Gasteiger partial charge is 0.221 e. The molecule has 0 aliphatic heterocycles. The van der Waals surface area contributed by atoms with E-state index in [0.29, 0.717) is 23.0 Å². The predicted molar refractivity (Wildman–Crippen MR) is 114 cm³/mol. The van der Waals surface area contributed by atoms with E-state index in [2.05, 4.69) is 44.9 Å². The molecule has 2 aromatic carbocycles. The number of benzene rings is 2. The Hall–Kier alpha value is -3.54. The van der Waals surface area contributed by atoms with Crippen LogP contribution in [0.3, 0.4) is 0 Å². The molecule has 1 aromatic heterocycles. The van der Waals surface area contributed by atoms with E-state index in [0.717, 1.165) is 16.8 Å². The molecule has 3 aromatic rings. The van der Waals surface area contributed by atoms with Crippen molar-refractivity contribution in [3.8, 4) is 11.3 Å². The van der Waals surface area contributed by atoms with Crippen LogP contribution in [-0.2, 0) is 4.79 Å². The molecule has 0 fully saturated rings. The standard InChI is InChI=1S/C22H23N5O/c1-14-9-11-18(12-10-14)15(2)26-27-22-13-21(23-16(3)24-22)19-7-5-6-8-20(19)25-17(4)28/h5-13H,1-4H3,(H,25,28)(H,23,24,27)/b26-15-. The number of aryl methyl sites for hydroxylation is 2. The molecule has 0 unspecified atom stereocenters. The zero-order chi connectivity index (χ0) is 20.1. The molecule has 0 radical (unpaired) electrons. The number of carbonyl (C=O) groups excluding carboxylic acids is 1. The summed E-state index contributed by atoms with van der Waals surface area (Å²) in [6.07, 6.45) is 0. The van der Waals surface area contributed by atoms with E-state index < -0.39 is 0 Å². The summed E-state index contributed by atoms with van der Waals surface area (Å²) in [5.41, 5.74) is 8.37. The minimum atomic E-state index is -0.130. The monoisotopic (exact) mass is 373 g/mol. The van der Waals surface area contributed by atoms with E-state index in [1.807, 2.05) is 56.3 Å². The minimum Gasteiger partial charge on any atom is -0.326 e. The maximum absolute atomic E-state index is 11.5. The Balaban J connectivity index is 1.89. The fourth-order valence-electron chi connectivity index (χ4n) is 2.77. The van der Waals surface area contributed by atoms with Crippen molar-refractivity contribution in [2.24, 2.45) is 5.10 Å². The first kappa shape index (κ1) is 19.2. The summed E-state index contributed by atoms with van der Waals surface area (Å²) in [7, 11) is 0. The van der Waals surface area contributed by atoms with Crippen molar-refractivity contribution >= 4 is 23.1 Å². The van der Waals surface area contributed by atoms with Crippen LogP contribution in [0.2, 0.25) is 0 Å². The number of nitrogens with zero attached hydrogens (tertiary/aromatic N) is 3. The summed E-state index contributed by atoms with van der Waals surface area (Å²) in [6, 6.07) is 17.5. The van der Waals surface area contributed by atoms with Gasteiger partial charge < -0.3 is 5.32 Å². The number of nitrogens with one attached hydrogen (secondary N) is 2. The molecule has 28 heavy (non-hydrogen) atoms. The van der Waals surface area contributed by atoms with Crippen molar-refractivity contribution in [1.29, 1.82) is 0 Å². The third kappa shape index (κ3) is 4.79. The fourth-order valence-corrected chi connectivity index (χ4v) is 2.77. The van der Waals surface area contributed by atoms with Gasteiger partial charge in [0.2, 0.25) is 5.91 Å². The molecule has 0 bridgehead atoms. The average Bonchev–Trinajstić information content (AvgIpc) is 2.66. The van der Waals surface area contributed by atoms with Gasteiger partial charge in [-0.25, -0.2) is 9.97 Å². The summed E-state index contributed by atoms with van der Waals surface area (Å²) in [5, 5.41) is 7.29. The van der Waals surface area contributed by atoms with Gasteiger partial charge in [-0.3, -0.25) is 10.2 Å². The molecular weight excluding hydrogens is 350 g/mol. The van der Waals surface area contributed by atoms with Crippen molar-refractivity contribution in [2.45, 2.75) is 27.7 Å². The number of amides is 1. The highest BCUT2D eigenvalue weighted by atomic mass is 16.1. The van der Waals surface area contributed by atoms with E-state index in [9.17, 15) is 4.79 Å². The van der Waals surface area contributed by atoms with Gasteiger partial charge in [0.25, 0.3) is 0 Å². The van der Waals surface area contributed by atoms with E-state index in [1.54, 1.807) is 0 Å². The molecule has 0 saturated carbocycles. The maximum Gasteiger partial charge on any atom is 0.221 e. The highest BCUT2D eigenvalue weighted by Gasteiger charge is 2.10. The number of anilines is 2. The molecule has 0 aliphatic rings. The lowest BCUT2D eigenvalue weighted by Gasteiger charge is -2.11. The third-order valence-electron chi connectivity index (χ3n) is 4.16. The van der Waals surface area contributed by atoms with Crippen molar-refractivity contribution in [3.05, 3.63) is 71.5 Å². The van der Waals surface area contributed by atoms with Gasteiger partial charge in [0.15, 0.2) is 5.82 Å². The highest BCUT2D eigenvalue weighted by molar-refractivity contribution is 5.99. The van der Waals surface area contributed by atoms with Crippen molar-refractivity contribution < 1.29 is 4.79 Å². The number of hydrogen-bond acceptors (Lipinski definition) is 5. The molecule has 2 N–H and O–H groups in total. The Morgan fingerprint density at radius 2 is 1.68 bits per heavy atom. The van der Waals surface area contributed by atoms with Crippen LogP contribution in [0.4, 0.5) is 11.5 Å². The molecular formula is C22H23N5O. The van der Waals surface area contributed by atoms with Crippen LogP contribution in [0, 0.1) is 13.8 Å². The molecule has 3 rings (SSSR count). The Morgan fingerprint density at radius 3 is 2.39 bits per heavy atom. The van der Waals surface area contributed by atoms with Gasteiger partial charge in [0, 0.05) is 18.6 Å². The van der Waals surface area contributed by atoms with E-state index in [-0.39, 0.29) is 5.91 Å². The quantitative estimate of drug-likeness (QED) is 0.508. The van der Waals surface area contributed by atoms with Crippen LogP contribution in [0.5, 0.6) is 0 Å². The van der Waals surface area contributed by atoms with E-state index in [4.69, 9.17) is 0 Å². The van der Waals surface area contributed by atoms with E-state index >= 15 is 0 Å². The van der Waals surface area contributed by atoms with Crippen LogP contribution < -0.4 is 10.7 Å². The van der Waals surface area contributed by atoms with E-state index in [1.165, 1.54) is 12.5 Å². The second-order valence-corrected chi connectivity index (χ2v) is 6.59. The van der Waals surface area contributed by atoms with Crippen LogP contribution in [-0.4, -0.2) is 21.6 Å². The number of hydrazone groups is 1. The zero-order valence-corrected chi connectivity index (χ0v) is 16.4. The lowest BCUT2D eigenvalue weighted by atomic mass is 10.1. The molecule has 142 valence electrons. The average molecular weight is 373 g/mol. The van der Waals surface area contributed by atoms with Gasteiger partial charge in [-0.15, -0.1) is 0 Å². The summed E-state index contributed by atoms with van der Waals surface area (Å²) in [5.74, 6) is 1.07. The van der Waals surface area contributed by atoms with Crippen LogP contribution >= 0.6 is 0 Å². The maximum atomic E-state index is 11.5. The van der Waals surface area contributed by atoms with Crippen molar-refractivity contribution in [3.63, 3.8) is 0 Å². The molecule has 1 amide bonds. The SMILES string of the molecule is CC(=O)Nc1ccccc1-c1cc(N/N=C(/C)c2ccc(C)cc2)nc(C)n1. The highest BCUT2D eigenvalue weighted by Crippen LogP contribution is 2.27. The number of carbonyl (C=O) groups is 1. The van der Waals surface area contributed by atoms with Crippen LogP contribution in [0.1, 0.15) is 30.8 Å². The summed E-state index contributed by atoms with van der Waals surface area (Å²) in [6.45, 7) is 7.31. The molecule has 0 atom stereocenters. The van der Waals surface area contributed by atoms with Crippen LogP contribution in [0.15, 0.2) is 59.7 Å². The normalized spacial score (nSPS) is 11.2. The van der Waals surface area contributed by atoms with Crippen LogP contribution in [0.25, 0.3) is 11.3 Å². The molecule has 6 nitrogen and oxygen atoms in total. The number of rotatable bonds is 5. The molecule has 0 saturated heterocycles. The Labute approximate surface area is 164 Å². The summed E-state index contributed by atoms with van der Waals surface area (Å²) >= 11 is 0. The van der Waals surface area contributed by atoms with Gasteiger partial charge in [-0.1, -0.05) is 48.0 Å². The Kier molecular flexibility index (Phi) is 5.79. The summed E-state index contributed by atoms with van der Waals surface area (Å²) < 4.78 is 0. The summed E-state index contributed by atoms with van der Waals surface area (Å²) in [4.78, 5) is 20.4. The topological polar surface area (TPSA) is 79.3 Å². The van der Waals surface area contributed by atoms with Gasteiger partial charge in [0.05, 0.1) is 17.1 Å². The Morgan fingerprint density at radius 1 is 0.964 bits per heavy atom. The number of para-hydroxylation sites is 1. The first-order valence-corrected chi connectivity index (χ1v) is 9.02. The van der Waals surface area contributed by atoms with Crippen molar-refractivity contribution in [1.82, 2.24) is 9.97 Å². The first-order chi connectivity index (χ1) is 13.4. The fraction of sp³-hybridized carbons (Fsp3) is 0.182. The Bertz CT molecular complexity index is 1030. The largest absolute Gasteiger partial charge is 0.326 e. The minimum absolute atomic E-state index is 0.130. The number of aromatic nitrogens is 2. The number of hydrogen-bond donors (Lipinski definition) is 2. The van der Waals surface area contributed by atoms with Crippen molar-refractivity contribution in [2.75, 3.05) is 10.7 Å². The third-order valence-corrected chi connectivity index (χ3v) is 4.16. The lowest BCUT2D eigenvalue weighted by molar-refractivity contribution is -0.114. The zero-order valence-electron chi connectivity index (χ0n) is 16.4. The van der Waals surface area contributed by atoms with Gasteiger partial charge in [0.1, 0.15) is 5.82 Å². The molecule has 0 aliphatic carbocycles. The lowest BCUT2D eigenvalue weighted by Crippen LogP contribution is -2.07. The second-order valence-electron chi connectivity index (χ2n) is 6.59. The predicted octanol–water partition coefficient (Wildman–Crippen LogP) is 4.55. The molecule has 0 spiro atoms.